The van der Waals surface area contributed by atoms with E-state index >= 15 is 0 Å². The fourth-order valence-corrected chi connectivity index (χ4v) is 3.65. The molecule has 2 fully saturated rings. The second-order valence-electron chi connectivity index (χ2n) is 6.54. The van der Waals surface area contributed by atoms with Crippen LogP contribution in [0.4, 0.5) is 0 Å². The fourth-order valence-electron chi connectivity index (χ4n) is 3.28. The van der Waals surface area contributed by atoms with Crippen molar-refractivity contribution >= 4 is 23.6 Å². The summed E-state index contributed by atoms with van der Waals surface area (Å²) in [6.45, 7) is 3.20. The summed E-state index contributed by atoms with van der Waals surface area (Å²) in [4.78, 5) is 25.9. The average molecular weight is 343 g/mol. The molecule has 2 saturated heterocycles. The molecule has 1 atom stereocenters. The van der Waals surface area contributed by atoms with Crippen LogP contribution in [0.5, 0.6) is 0 Å². The van der Waals surface area contributed by atoms with Gasteiger partial charge in [0.2, 0.25) is 11.8 Å². The van der Waals surface area contributed by atoms with Gasteiger partial charge in [-0.05, 0) is 44.3 Å². The van der Waals surface area contributed by atoms with E-state index in [-0.39, 0.29) is 17.9 Å². The van der Waals surface area contributed by atoms with Crippen LogP contribution in [0.1, 0.15) is 44.9 Å². The van der Waals surface area contributed by atoms with Crippen molar-refractivity contribution in [2.75, 3.05) is 38.2 Å². The van der Waals surface area contributed by atoms with Gasteiger partial charge in [-0.3, -0.25) is 9.59 Å². The highest BCUT2D eigenvalue weighted by Gasteiger charge is 2.23. The van der Waals surface area contributed by atoms with Gasteiger partial charge in [-0.1, -0.05) is 0 Å². The van der Waals surface area contributed by atoms with Gasteiger partial charge in [-0.25, -0.2) is 0 Å². The van der Waals surface area contributed by atoms with E-state index in [0.29, 0.717) is 25.3 Å². The molecular formula is C17H30N2O3S. The molecule has 0 aromatic carbocycles. The molecule has 0 spiro atoms. The minimum absolute atomic E-state index is 0.138. The first-order valence-corrected chi connectivity index (χ1v) is 10.2. The molecule has 0 aliphatic carbocycles. The Morgan fingerprint density at radius 2 is 2.00 bits per heavy atom. The second-order valence-corrected chi connectivity index (χ2v) is 7.53. The van der Waals surface area contributed by atoms with E-state index < -0.39 is 0 Å². The zero-order valence-corrected chi connectivity index (χ0v) is 15.0. The van der Waals surface area contributed by atoms with Crippen LogP contribution in [0.25, 0.3) is 0 Å². The van der Waals surface area contributed by atoms with Crippen LogP contribution in [0.15, 0.2) is 0 Å². The van der Waals surface area contributed by atoms with Gasteiger partial charge >= 0.3 is 0 Å². The molecule has 1 unspecified atom stereocenters. The summed E-state index contributed by atoms with van der Waals surface area (Å²) in [7, 11) is 0. The Labute approximate surface area is 143 Å². The van der Waals surface area contributed by atoms with Crippen molar-refractivity contribution in [3.8, 4) is 0 Å². The van der Waals surface area contributed by atoms with E-state index in [0.717, 1.165) is 57.6 Å². The van der Waals surface area contributed by atoms with Crippen LogP contribution < -0.4 is 5.32 Å². The number of carbonyl (C=O) groups excluding carboxylic acids is 2. The van der Waals surface area contributed by atoms with Crippen LogP contribution in [0.3, 0.4) is 0 Å². The minimum Gasteiger partial charge on any atom is -0.376 e. The number of hydrogen-bond donors (Lipinski definition) is 1. The van der Waals surface area contributed by atoms with Crippen molar-refractivity contribution in [2.45, 2.75) is 51.0 Å². The van der Waals surface area contributed by atoms with E-state index in [9.17, 15) is 9.59 Å². The summed E-state index contributed by atoms with van der Waals surface area (Å²) in [5, 5.41) is 2.98. The summed E-state index contributed by atoms with van der Waals surface area (Å²) < 4.78 is 5.51. The number of nitrogens with one attached hydrogen (secondary N) is 1. The highest BCUT2D eigenvalue weighted by Crippen LogP contribution is 2.22. The smallest absolute Gasteiger partial charge is 0.223 e. The van der Waals surface area contributed by atoms with E-state index in [2.05, 4.69) is 5.32 Å². The first-order chi connectivity index (χ1) is 11.2. The van der Waals surface area contributed by atoms with E-state index in [1.165, 1.54) is 0 Å². The summed E-state index contributed by atoms with van der Waals surface area (Å²) in [5.74, 6) is 1.91. The summed E-state index contributed by atoms with van der Waals surface area (Å²) in [5.41, 5.74) is 0. The minimum atomic E-state index is 0.138. The average Bonchev–Trinajstić information content (AvgIpc) is 3.10. The Kier molecular flexibility index (Phi) is 8.23. The fraction of sp³-hybridized carbons (Fsp3) is 0.882. The van der Waals surface area contributed by atoms with Crippen LogP contribution in [0.2, 0.25) is 0 Å². The second kappa shape index (κ2) is 10.2. The zero-order valence-electron chi connectivity index (χ0n) is 14.2. The van der Waals surface area contributed by atoms with Crippen LogP contribution in [-0.2, 0) is 14.3 Å². The zero-order chi connectivity index (χ0) is 16.5. The lowest BCUT2D eigenvalue weighted by molar-refractivity contribution is -0.132. The number of thioether (sulfide) groups is 1. The normalized spacial score (nSPS) is 22.3. The van der Waals surface area contributed by atoms with Gasteiger partial charge in [-0.15, -0.1) is 0 Å². The molecule has 23 heavy (non-hydrogen) atoms. The predicted octanol–water partition coefficient (Wildman–Crippen LogP) is 2.05. The molecule has 0 bridgehead atoms. The third-order valence-electron chi connectivity index (χ3n) is 4.82. The van der Waals surface area contributed by atoms with Crippen molar-refractivity contribution in [2.24, 2.45) is 5.92 Å². The van der Waals surface area contributed by atoms with Crippen LogP contribution >= 0.6 is 11.8 Å². The first-order valence-electron chi connectivity index (χ1n) is 8.84. The maximum absolute atomic E-state index is 12.0. The molecular weight excluding hydrogens is 312 g/mol. The van der Waals surface area contributed by atoms with Gasteiger partial charge in [-0.2, -0.15) is 11.8 Å². The quantitative estimate of drug-likeness (QED) is 0.733. The largest absolute Gasteiger partial charge is 0.376 e. The Morgan fingerprint density at radius 1 is 1.22 bits per heavy atom. The van der Waals surface area contributed by atoms with Gasteiger partial charge in [0, 0.05) is 44.8 Å². The summed E-state index contributed by atoms with van der Waals surface area (Å²) >= 11 is 1.72. The van der Waals surface area contributed by atoms with Crippen molar-refractivity contribution in [3.05, 3.63) is 0 Å². The number of carbonyl (C=O) groups is 2. The molecule has 1 N–H and O–H groups in total. The number of nitrogens with zero attached hydrogens (tertiary/aromatic N) is 1. The van der Waals surface area contributed by atoms with Crippen molar-refractivity contribution in [3.63, 3.8) is 0 Å². The Balaban J connectivity index is 1.55. The lowest BCUT2D eigenvalue weighted by Gasteiger charge is -2.32. The van der Waals surface area contributed by atoms with Gasteiger partial charge in [0.05, 0.1) is 6.10 Å². The molecule has 2 rings (SSSR count). The highest BCUT2D eigenvalue weighted by atomic mass is 32.2. The molecule has 6 heteroatoms. The standard InChI is InChI=1S/C17H30N2O3S/c1-23-12-8-17(21)19-9-6-14(7-10-19)4-5-16(20)18-13-15-3-2-11-22-15/h14-15H,2-13H2,1H3,(H,18,20). The number of ether oxygens (including phenoxy) is 1. The maximum atomic E-state index is 12.0. The monoisotopic (exact) mass is 342 g/mol. The lowest BCUT2D eigenvalue weighted by Crippen LogP contribution is -2.39. The number of piperidine rings is 1. The highest BCUT2D eigenvalue weighted by molar-refractivity contribution is 7.98. The summed E-state index contributed by atoms with van der Waals surface area (Å²) in [6.07, 6.45) is 8.66. The Bertz CT molecular complexity index is 378. The molecule has 2 heterocycles. The molecule has 0 aromatic heterocycles. The van der Waals surface area contributed by atoms with Crippen molar-refractivity contribution < 1.29 is 14.3 Å². The van der Waals surface area contributed by atoms with Gasteiger partial charge in [0.1, 0.15) is 0 Å². The van der Waals surface area contributed by atoms with Crippen molar-refractivity contribution in [1.29, 1.82) is 0 Å². The van der Waals surface area contributed by atoms with Crippen LogP contribution in [0, 0.1) is 5.92 Å². The first kappa shape index (κ1) is 18.6. The van der Waals surface area contributed by atoms with Crippen molar-refractivity contribution in [1.82, 2.24) is 10.2 Å². The number of hydrogen-bond acceptors (Lipinski definition) is 4. The SMILES string of the molecule is CSCCC(=O)N1CCC(CCC(=O)NCC2CCCO2)CC1. The number of likely N-dealkylation sites (tertiary alicyclic amines) is 1. The molecule has 2 aliphatic heterocycles. The molecule has 2 amide bonds. The molecule has 2 aliphatic rings. The van der Waals surface area contributed by atoms with E-state index in [4.69, 9.17) is 4.74 Å². The molecule has 0 aromatic rings. The maximum Gasteiger partial charge on any atom is 0.223 e. The Hall–Kier alpha value is -0.750. The molecule has 132 valence electrons. The van der Waals surface area contributed by atoms with Gasteiger partial charge < -0.3 is 15.0 Å². The molecule has 0 radical (unpaired) electrons. The summed E-state index contributed by atoms with van der Waals surface area (Å²) in [6, 6.07) is 0. The van der Waals surface area contributed by atoms with Gasteiger partial charge in [0.25, 0.3) is 0 Å². The molecule has 0 saturated carbocycles. The lowest BCUT2D eigenvalue weighted by atomic mass is 9.92. The number of rotatable bonds is 8. The molecule has 5 nitrogen and oxygen atoms in total. The van der Waals surface area contributed by atoms with E-state index in [1.54, 1.807) is 11.8 Å². The predicted molar refractivity (Wildman–Crippen MR) is 93.5 cm³/mol. The van der Waals surface area contributed by atoms with Crippen LogP contribution in [-0.4, -0.2) is 61.1 Å². The third kappa shape index (κ3) is 6.71. The van der Waals surface area contributed by atoms with E-state index in [1.807, 2.05) is 11.2 Å². The van der Waals surface area contributed by atoms with Gasteiger partial charge in [0.15, 0.2) is 0 Å². The topological polar surface area (TPSA) is 58.6 Å². The number of amides is 2. The third-order valence-corrected chi connectivity index (χ3v) is 5.43. The Morgan fingerprint density at radius 3 is 2.65 bits per heavy atom.